The van der Waals surface area contributed by atoms with E-state index in [4.69, 9.17) is 0 Å². The van der Waals surface area contributed by atoms with Gasteiger partial charge in [-0.2, -0.15) is 5.26 Å². The molecular formula is C21H29N5. The third-order valence-electron chi connectivity index (χ3n) is 5.38. The maximum Gasteiger partial charge on any atom is 0.0991 e. The average molecular weight is 351 g/mol. The first-order valence-electron chi connectivity index (χ1n) is 9.69. The van der Waals surface area contributed by atoms with Crippen molar-refractivity contribution in [2.75, 3.05) is 11.9 Å². The lowest BCUT2D eigenvalue weighted by Crippen LogP contribution is -2.20. The van der Waals surface area contributed by atoms with Crippen LogP contribution in [0.4, 0.5) is 5.69 Å². The number of hydrogen-bond donors (Lipinski definition) is 2. The second-order valence-corrected chi connectivity index (χ2v) is 7.30. The van der Waals surface area contributed by atoms with Crippen molar-refractivity contribution < 1.29 is 0 Å². The minimum Gasteiger partial charge on any atom is -0.379 e. The summed E-state index contributed by atoms with van der Waals surface area (Å²) in [6, 6.07) is 8.11. The molecule has 0 radical (unpaired) electrons. The SMILES string of the molecule is Cn1cncc1CNc1ccc(C#N)cc1CNCCC1CCCCC1. The van der Waals surface area contributed by atoms with Crippen LogP contribution in [0, 0.1) is 17.2 Å². The molecule has 0 unspecified atom stereocenters. The van der Waals surface area contributed by atoms with Crippen molar-refractivity contribution in [3.8, 4) is 6.07 Å². The van der Waals surface area contributed by atoms with Crippen LogP contribution in [0.3, 0.4) is 0 Å². The van der Waals surface area contributed by atoms with Crippen LogP contribution in [-0.4, -0.2) is 16.1 Å². The molecule has 0 bridgehead atoms. The molecule has 1 fully saturated rings. The van der Waals surface area contributed by atoms with Crippen LogP contribution in [0.15, 0.2) is 30.7 Å². The number of aromatic nitrogens is 2. The summed E-state index contributed by atoms with van der Waals surface area (Å²) in [5.74, 6) is 0.893. The molecule has 1 aromatic heterocycles. The number of aryl methyl sites for hydroxylation is 1. The first-order chi connectivity index (χ1) is 12.8. The second-order valence-electron chi connectivity index (χ2n) is 7.30. The van der Waals surface area contributed by atoms with Gasteiger partial charge in [0, 0.05) is 25.5 Å². The first kappa shape index (κ1) is 18.5. The van der Waals surface area contributed by atoms with Gasteiger partial charge in [-0.3, -0.25) is 0 Å². The van der Waals surface area contributed by atoms with Crippen LogP contribution in [0.5, 0.6) is 0 Å². The van der Waals surface area contributed by atoms with Crippen molar-refractivity contribution in [1.29, 1.82) is 5.26 Å². The summed E-state index contributed by atoms with van der Waals surface area (Å²) in [7, 11) is 2.00. The van der Waals surface area contributed by atoms with Crippen LogP contribution >= 0.6 is 0 Å². The summed E-state index contributed by atoms with van der Waals surface area (Å²) in [4.78, 5) is 4.16. The Bertz CT molecular complexity index is 737. The summed E-state index contributed by atoms with van der Waals surface area (Å²) in [6.07, 6.45) is 11.9. The molecule has 2 N–H and O–H groups in total. The molecule has 1 aliphatic rings. The highest BCUT2D eigenvalue weighted by Gasteiger charge is 2.13. The second kappa shape index (κ2) is 9.40. The van der Waals surface area contributed by atoms with E-state index >= 15 is 0 Å². The summed E-state index contributed by atoms with van der Waals surface area (Å²) >= 11 is 0. The molecule has 138 valence electrons. The first-order valence-corrected chi connectivity index (χ1v) is 9.69. The number of nitriles is 1. The minimum absolute atomic E-state index is 0.708. The van der Waals surface area contributed by atoms with Crippen LogP contribution in [-0.2, 0) is 20.1 Å². The number of nitrogens with zero attached hydrogens (tertiary/aromatic N) is 3. The van der Waals surface area contributed by atoms with Gasteiger partial charge in [-0.1, -0.05) is 32.1 Å². The molecule has 5 heteroatoms. The summed E-state index contributed by atoms with van der Waals surface area (Å²) < 4.78 is 2.01. The average Bonchev–Trinajstić information content (AvgIpc) is 3.09. The molecule has 2 aromatic rings. The van der Waals surface area contributed by atoms with Gasteiger partial charge >= 0.3 is 0 Å². The lowest BCUT2D eigenvalue weighted by atomic mass is 9.87. The van der Waals surface area contributed by atoms with Crippen molar-refractivity contribution in [3.63, 3.8) is 0 Å². The van der Waals surface area contributed by atoms with Gasteiger partial charge in [-0.15, -0.1) is 0 Å². The Kier molecular flexibility index (Phi) is 6.68. The zero-order valence-electron chi connectivity index (χ0n) is 15.7. The topological polar surface area (TPSA) is 65.7 Å². The Morgan fingerprint density at radius 3 is 2.81 bits per heavy atom. The maximum atomic E-state index is 9.21. The highest BCUT2D eigenvalue weighted by molar-refractivity contribution is 5.54. The molecule has 0 saturated heterocycles. The Morgan fingerprint density at radius 2 is 2.08 bits per heavy atom. The molecule has 1 aromatic carbocycles. The molecule has 26 heavy (non-hydrogen) atoms. The number of nitrogens with one attached hydrogen (secondary N) is 2. The molecule has 1 aliphatic carbocycles. The predicted octanol–water partition coefficient (Wildman–Crippen LogP) is 3.96. The molecular weight excluding hydrogens is 322 g/mol. The molecule has 1 saturated carbocycles. The summed E-state index contributed by atoms with van der Waals surface area (Å²) in [5.41, 5.74) is 4.07. The highest BCUT2D eigenvalue weighted by Crippen LogP contribution is 2.26. The monoisotopic (exact) mass is 351 g/mol. The Labute approximate surface area is 156 Å². The number of imidazole rings is 1. The molecule has 1 heterocycles. The summed E-state index contributed by atoms with van der Waals surface area (Å²) in [6.45, 7) is 2.55. The quantitative estimate of drug-likeness (QED) is 0.707. The molecule has 0 amide bonds. The van der Waals surface area contributed by atoms with E-state index in [1.54, 1.807) is 0 Å². The van der Waals surface area contributed by atoms with E-state index in [0.29, 0.717) is 5.56 Å². The van der Waals surface area contributed by atoms with Gasteiger partial charge in [0.15, 0.2) is 0 Å². The molecule has 5 nitrogen and oxygen atoms in total. The number of rotatable bonds is 8. The van der Waals surface area contributed by atoms with Crippen molar-refractivity contribution in [3.05, 3.63) is 47.5 Å². The zero-order valence-corrected chi connectivity index (χ0v) is 15.7. The van der Waals surface area contributed by atoms with E-state index in [-0.39, 0.29) is 0 Å². The number of hydrogen-bond acceptors (Lipinski definition) is 4. The van der Waals surface area contributed by atoms with Crippen LogP contribution in [0.1, 0.15) is 55.3 Å². The van der Waals surface area contributed by atoms with E-state index in [1.807, 2.05) is 42.3 Å². The van der Waals surface area contributed by atoms with Crippen molar-refractivity contribution in [1.82, 2.24) is 14.9 Å². The fourth-order valence-electron chi connectivity index (χ4n) is 3.73. The zero-order chi connectivity index (χ0) is 18.2. The van der Waals surface area contributed by atoms with Gasteiger partial charge in [0.25, 0.3) is 0 Å². The van der Waals surface area contributed by atoms with E-state index in [1.165, 1.54) is 38.5 Å². The van der Waals surface area contributed by atoms with Gasteiger partial charge in [0.2, 0.25) is 0 Å². The van der Waals surface area contributed by atoms with Crippen LogP contribution in [0.25, 0.3) is 0 Å². The van der Waals surface area contributed by atoms with E-state index in [0.717, 1.165) is 42.5 Å². The fraction of sp³-hybridized carbons (Fsp3) is 0.524. The van der Waals surface area contributed by atoms with Gasteiger partial charge < -0.3 is 15.2 Å². The lowest BCUT2D eigenvalue weighted by molar-refractivity contribution is 0.334. The van der Waals surface area contributed by atoms with Gasteiger partial charge in [0.05, 0.1) is 30.2 Å². The summed E-state index contributed by atoms with van der Waals surface area (Å²) in [5, 5.41) is 16.3. The third-order valence-corrected chi connectivity index (χ3v) is 5.38. The standard InChI is InChI=1S/C21H29N5/c1-26-16-24-14-20(26)15-25-21-8-7-18(12-22)11-19(21)13-23-10-9-17-5-3-2-4-6-17/h7-8,11,14,16-17,23,25H,2-6,9-10,13,15H2,1H3. The van der Waals surface area contributed by atoms with Gasteiger partial charge in [-0.25, -0.2) is 4.98 Å². The van der Waals surface area contributed by atoms with Crippen molar-refractivity contribution in [2.24, 2.45) is 13.0 Å². The van der Waals surface area contributed by atoms with E-state index in [9.17, 15) is 5.26 Å². The predicted molar refractivity (Wildman–Crippen MR) is 105 cm³/mol. The van der Waals surface area contributed by atoms with Crippen molar-refractivity contribution >= 4 is 5.69 Å². The molecule has 3 rings (SSSR count). The van der Waals surface area contributed by atoms with Gasteiger partial charge in [0.1, 0.15) is 0 Å². The van der Waals surface area contributed by atoms with Crippen LogP contribution in [0.2, 0.25) is 0 Å². The maximum absolute atomic E-state index is 9.21. The van der Waals surface area contributed by atoms with E-state index < -0.39 is 0 Å². The highest BCUT2D eigenvalue weighted by atomic mass is 15.0. The van der Waals surface area contributed by atoms with Crippen molar-refractivity contribution in [2.45, 2.75) is 51.6 Å². The normalized spacial score (nSPS) is 14.9. The smallest absolute Gasteiger partial charge is 0.0991 e. The molecule has 0 atom stereocenters. The third kappa shape index (κ3) is 5.09. The minimum atomic E-state index is 0.708. The van der Waals surface area contributed by atoms with Gasteiger partial charge in [-0.05, 0) is 42.6 Å². The molecule has 0 spiro atoms. The Balaban J connectivity index is 1.55. The lowest BCUT2D eigenvalue weighted by Gasteiger charge is -2.21. The molecule has 0 aliphatic heterocycles. The Hall–Kier alpha value is -2.32. The number of benzene rings is 1. The number of anilines is 1. The largest absolute Gasteiger partial charge is 0.379 e. The Morgan fingerprint density at radius 1 is 1.23 bits per heavy atom. The van der Waals surface area contributed by atoms with E-state index in [2.05, 4.69) is 21.7 Å². The fourth-order valence-corrected chi connectivity index (χ4v) is 3.73. The van der Waals surface area contributed by atoms with Crippen LogP contribution < -0.4 is 10.6 Å².